The van der Waals surface area contributed by atoms with Gasteiger partial charge in [-0.15, -0.1) is 0 Å². The topological polar surface area (TPSA) is 24.9 Å². The second-order valence-electron chi connectivity index (χ2n) is 5.63. The van der Waals surface area contributed by atoms with E-state index in [9.17, 15) is 0 Å². The van der Waals surface area contributed by atoms with Crippen molar-refractivity contribution in [1.82, 2.24) is 4.98 Å². The molecule has 0 radical (unpaired) electrons. The third kappa shape index (κ3) is 3.05. The van der Waals surface area contributed by atoms with Gasteiger partial charge in [0.2, 0.25) is 0 Å². The number of pyridine rings is 1. The Hall–Kier alpha value is -2.35. The van der Waals surface area contributed by atoms with Gasteiger partial charge in [0.05, 0.1) is 0 Å². The quantitative estimate of drug-likeness (QED) is 0.727. The van der Waals surface area contributed by atoms with E-state index in [-0.39, 0.29) is 0 Å². The molecule has 0 amide bonds. The van der Waals surface area contributed by atoms with E-state index in [1.165, 1.54) is 21.9 Å². The molecule has 0 fully saturated rings. The maximum Gasteiger partial charge on any atom is 0.134 e. The Morgan fingerprint density at radius 3 is 2.48 bits per heavy atom. The van der Waals surface area contributed by atoms with Crippen LogP contribution in [-0.2, 0) is 6.54 Å². The zero-order valence-electron chi connectivity index (χ0n) is 12.5. The highest BCUT2D eigenvalue weighted by Gasteiger charge is 2.02. The summed E-state index contributed by atoms with van der Waals surface area (Å²) in [7, 11) is 0. The molecule has 0 unspecified atom stereocenters. The summed E-state index contributed by atoms with van der Waals surface area (Å²) in [6, 6.07) is 19.1. The molecule has 106 valence electrons. The number of benzene rings is 2. The molecule has 2 heteroatoms. The van der Waals surface area contributed by atoms with Crippen LogP contribution in [0.1, 0.15) is 30.9 Å². The van der Waals surface area contributed by atoms with Crippen molar-refractivity contribution < 1.29 is 0 Å². The summed E-state index contributed by atoms with van der Waals surface area (Å²) < 4.78 is 0. The number of anilines is 1. The molecule has 0 atom stereocenters. The predicted molar refractivity (Wildman–Crippen MR) is 89.6 cm³/mol. The lowest BCUT2D eigenvalue weighted by Crippen LogP contribution is -2.02. The van der Waals surface area contributed by atoms with Crippen molar-refractivity contribution in [2.75, 3.05) is 5.32 Å². The second kappa shape index (κ2) is 5.96. The van der Waals surface area contributed by atoms with Gasteiger partial charge >= 0.3 is 0 Å². The van der Waals surface area contributed by atoms with E-state index in [2.05, 4.69) is 66.6 Å². The predicted octanol–water partition coefficient (Wildman–Crippen LogP) is 4.97. The monoisotopic (exact) mass is 276 g/mol. The Morgan fingerprint density at radius 1 is 0.952 bits per heavy atom. The largest absolute Gasteiger partial charge is 0.365 e. The average Bonchev–Trinajstić information content (AvgIpc) is 2.53. The molecule has 1 heterocycles. The summed E-state index contributed by atoms with van der Waals surface area (Å²) in [5, 5.41) is 5.82. The Balaban J connectivity index is 1.77. The SMILES string of the molecule is CC(C)c1ccc(CNc2nccc3ccccc23)cc1. The van der Waals surface area contributed by atoms with Gasteiger partial charge in [-0.2, -0.15) is 0 Å². The summed E-state index contributed by atoms with van der Waals surface area (Å²) >= 11 is 0. The average molecular weight is 276 g/mol. The van der Waals surface area contributed by atoms with E-state index in [0.29, 0.717) is 5.92 Å². The molecule has 0 aliphatic rings. The molecule has 0 bridgehead atoms. The van der Waals surface area contributed by atoms with Crippen LogP contribution in [0.15, 0.2) is 60.8 Å². The van der Waals surface area contributed by atoms with Gasteiger partial charge < -0.3 is 5.32 Å². The third-order valence-electron chi connectivity index (χ3n) is 3.78. The summed E-state index contributed by atoms with van der Waals surface area (Å²) in [6.45, 7) is 5.22. The van der Waals surface area contributed by atoms with Gasteiger partial charge in [0.1, 0.15) is 5.82 Å². The number of nitrogens with one attached hydrogen (secondary N) is 1. The molecule has 0 aliphatic heterocycles. The first-order valence-electron chi connectivity index (χ1n) is 7.40. The second-order valence-corrected chi connectivity index (χ2v) is 5.63. The molecule has 1 aromatic heterocycles. The van der Waals surface area contributed by atoms with Gasteiger partial charge in [-0.25, -0.2) is 4.98 Å². The summed E-state index contributed by atoms with van der Waals surface area (Å²) in [6.07, 6.45) is 1.85. The summed E-state index contributed by atoms with van der Waals surface area (Å²) in [5.41, 5.74) is 2.65. The molecule has 0 spiro atoms. The van der Waals surface area contributed by atoms with Crippen LogP contribution < -0.4 is 5.32 Å². The number of hydrogen-bond donors (Lipinski definition) is 1. The lowest BCUT2D eigenvalue weighted by molar-refractivity contribution is 0.865. The van der Waals surface area contributed by atoms with Crippen molar-refractivity contribution in [3.05, 3.63) is 71.9 Å². The number of fused-ring (bicyclic) bond motifs is 1. The van der Waals surface area contributed by atoms with Crippen molar-refractivity contribution in [3.8, 4) is 0 Å². The fourth-order valence-corrected chi connectivity index (χ4v) is 2.47. The van der Waals surface area contributed by atoms with Gasteiger partial charge in [0, 0.05) is 18.1 Å². The minimum absolute atomic E-state index is 0.576. The summed E-state index contributed by atoms with van der Waals surface area (Å²) in [4.78, 5) is 4.46. The first kappa shape index (κ1) is 13.6. The Bertz CT molecular complexity index is 725. The van der Waals surface area contributed by atoms with Crippen LogP contribution in [0.5, 0.6) is 0 Å². The number of rotatable bonds is 4. The molecular formula is C19H20N2. The van der Waals surface area contributed by atoms with E-state index in [4.69, 9.17) is 0 Å². The zero-order chi connectivity index (χ0) is 14.7. The van der Waals surface area contributed by atoms with E-state index < -0.39 is 0 Å². The molecule has 2 nitrogen and oxygen atoms in total. The molecule has 0 aliphatic carbocycles. The maximum absolute atomic E-state index is 4.46. The lowest BCUT2D eigenvalue weighted by Gasteiger charge is -2.10. The molecule has 0 saturated carbocycles. The van der Waals surface area contributed by atoms with Crippen LogP contribution in [-0.4, -0.2) is 4.98 Å². The van der Waals surface area contributed by atoms with Gasteiger partial charge in [0.25, 0.3) is 0 Å². The van der Waals surface area contributed by atoms with Crippen molar-refractivity contribution in [2.24, 2.45) is 0 Å². The van der Waals surface area contributed by atoms with E-state index in [0.717, 1.165) is 12.4 Å². The van der Waals surface area contributed by atoms with Crippen LogP contribution in [0.2, 0.25) is 0 Å². The molecule has 2 aromatic carbocycles. The van der Waals surface area contributed by atoms with Crippen LogP contribution in [0.25, 0.3) is 10.8 Å². The van der Waals surface area contributed by atoms with Crippen molar-refractivity contribution in [1.29, 1.82) is 0 Å². The molecular weight excluding hydrogens is 256 g/mol. The standard InChI is InChI=1S/C19H20N2/c1-14(2)16-9-7-15(8-10-16)13-21-19-18-6-4-3-5-17(18)11-12-20-19/h3-12,14H,13H2,1-2H3,(H,20,21). The first-order chi connectivity index (χ1) is 10.2. The molecule has 3 aromatic rings. The molecule has 0 saturated heterocycles. The van der Waals surface area contributed by atoms with Gasteiger partial charge in [-0.1, -0.05) is 62.4 Å². The van der Waals surface area contributed by atoms with E-state index in [1.807, 2.05) is 18.3 Å². The first-order valence-corrected chi connectivity index (χ1v) is 7.40. The minimum Gasteiger partial charge on any atom is -0.365 e. The Labute approximate surface area is 125 Å². The third-order valence-corrected chi connectivity index (χ3v) is 3.78. The van der Waals surface area contributed by atoms with Crippen LogP contribution >= 0.6 is 0 Å². The maximum atomic E-state index is 4.46. The molecule has 1 N–H and O–H groups in total. The van der Waals surface area contributed by atoms with E-state index >= 15 is 0 Å². The fraction of sp³-hybridized carbons (Fsp3) is 0.211. The molecule has 3 rings (SSSR count). The zero-order valence-corrected chi connectivity index (χ0v) is 12.5. The summed E-state index contributed by atoms with van der Waals surface area (Å²) in [5.74, 6) is 1.52. The van der Waals surface area contributed by atoms with Crippen molar-refractivity contribution in [3.63, 3.8) is 0 Å². The molecule has 21 heavy (non-hydrogen) atoms. The Morgan fingerprint density at radius 2 is 1.71 bits per heavy atom. The van der Waals surface area contributed by atoms with Gasteiger partial charge in [-0.05, 0) is 28.5 Å². The van der Waals surface area contributed by atoms with Gasteiger partial charge in [-0.3, -0.25) is 0 Å². The van der Waals surface area contributed by atoms with Gasteiger partial charge in [0.15, 0.2) is 0 Å². The van der Waals surface area contributed by atoms with Crippen LogP contribution in [0, 0.1) is 0 Å². The Kier molecular flexibility index (Phi) is 3.87. The smallest absolute Gasteiger partial charge is 0.134 e. The van der Waals surface area contributed by atoms with Crippen LogP contribution in [0.3, 0.4) is 0 Å². The normalized spacial score (nSPS) is 11.0. The highest BCUT2D eigenvalue weighted by atomic mass is 15.0. The highest BCUT2D eigenvalue weighted by Crippen LogP contribution is 2.21. The highest BCUT2D eigenvalue weighted by molar-refractivity contribution is 5.91. The van der Waals surface area contributed by atoms with E-state index in [1.54, 1.807) is 0 Å². The van der Waals surface area contributed by atoms with Crippen molar-refractivity contribution in [2.45, 2.75) is 26.3 Å². The lowest BCUT2D eigenvalue weighted by atomic mass is 10.0. The van der Waals surface area contributed by atoms with Crippen LogP contribution in [0.4, 0.5) is 5.82 Å². The number of hydrogen-bond acceptors (Lipinski definition) is 2. The van der Waals surface area contributed by atoms with Crippen molar-refractivity contribution >= 4 is 16.6 Å². The fourth-order valence-electron chi connectivity index (χ4n) is 2.47. The number of nitrogens with zero attached hydrogens (tertiary/aromatic N) is 1. The number of aromatic nitrogens is 1. The minimum atomic E-state index is 0.576.